The molecule has 0 aliphatic rings. The molecule has 0 radical (unpaired) electrons. The number of aryl methyl sites for hydroxylation is 1. The molecule has 6 heteroatoms. The van der Waals surface area contributed by atoms with Crippen molar-refractivity contribution < 1.29 is 9.32 Å². The van der Waals surface area contributed by atoms with Crippen LogP contribution in [0.5, 0.6) is 0 Å². The van der Waals surface area contributed by atoms with Crippen LogP contribution in [-0.4, -0.2) is 16.0 Å². The van der Waals surface area contributed by atoms with E-state index in [0.29, 0.717) is 34.1 Å². The zero-order valence-corrected chi connectivity index (χ0v) is 13.2. The molecular weight excluding hydrogens is 314 g/mol. The number of amides is 1. The minimum absolute atomic E-state index is 0.248. The van der Waals surface area contributed by atoms with E-state index >= 15 is 0 Å². The number of hydrogen-bond acceptors (Lipinski definition) is 4. The Labute approximate surface area is 138 Å². The lowest BCUT2D eigenvalue weighted by atomic mass is 10.1. The summed E-state index contributed by atoms with van der Waals surface area (Å²) < 4.78 is 5.30. The molecular formula is C17H14ClN3O2. The molecule has 3 aromatic rings. The molecule has 116 valence electrons. The number of nitrogens with one attached hydrogen (secondary N) is 1. The maximum atomic E-state index is 12.5. The SMILES string of the molecule is Cc1noc(-c2cccnc2)c1C(=O)NCc1cccc(Cl)c1. The van der Waals surface area contributed by atoms with Crippen molar-refractivity contribution in [3.05, 3.63) is 70.6 Å². The van der Waals surface area contributed by atoms with Crippen molar-refractivity contribution >= 4 is 17.5 Å². The van der Waals surface area contributed by atoms with Crippen LogP contribution >= 0.6 is 11.6 Å². The van der Waals surface area contributed by atoms with Gasteiger partial charge in [0.25, 0.3) is 5.91 Å². The normalized spacial score (nSPS) is 10.5. The van der Waals surface area contributed by atoms with Crippen molar-refractivity contribution in [1.82, 2.24) is 15.5 Å². The van der Waals surface area contributed by atoms with E-state index in [0.717, 1.165) is 5.56 Å². The summed E-state index contributed by atoms with van der Waals surface area (Å²) in [6, 6.07) is 10.9. The molecule has 2 heterocycles. The summed E-state index contributed by atoms with van der Waals surface area (Å²) in [5, 5.41) is 7.39. The third-order valence-electron chi connectivity index (χ3n) is 3.36. The van der Waals surface area contributed by atoms with Gasteiger partial charge in [-0.2, -0.15) is 0 Å². The average Bonchev–Trinajstić information content (AvgIpc) is 2.95. The fourth-order valence-corrected chi connectivity index (χ4v) is 2.46. The van der Waals surface area contributed by atoms with Crippen LogP contribution in [0.3, 0.4) is 0 Å². The van der Waals surface area contributed by atoms with Gasteiger partial charge >= 0.3 is 0 Å². The Morgan fingerprint density at radius 3 is 2.91 bits per heavy atom. The molecule has 0 bridgehead atoms. The van der Waals surface area contributed by atoms with Crippen LogP contribution in [0.2, 0.25) is 5.02 Å². The lowest BCUT2D eigenvalue weighted by Crippen LogP contribution is -2.23. The first-order valence-corrected chi connectivity index (χ1v) is 7.42. The zero-order chi connectivity index (χ0) is 16.2. The number of rotatable bonds is 4. The molecule has 0 aliphatic heterocycles. The van der Waals surface area contributed by atoms with Gasteiger partial charge in [-0.1, -0.05) is 28.9 Å². The highest BCUT2D eigenvalue weighted by atomic mass is 35.5. The van der Waals surface area contributed by atoms with Gasteiger partial charge in [-0.3, -0.25) is 9.78 Å². The molecule has 0 aliphatic carbocycles. The lowest BCUT2D eigenvalue weighted by Gasteiger charge is -2.06. The molecule has 0 saturated heterocycles. The maximum absolute atomic E-state index is 12.5. The Morgan fingerprint density at radius 1 is 1.30 bits per heavy atom. The zero-order valence-electron chi connectivity index (χ0n) is 12.4. The van der Waals surface area contributed by atoms with Crippen LogP contribution in [0, 0.1) is 6.92 Å². The molecule has 1 aromatic carbocycles. The number of benzene rings is 1. The van der Waals surface area contributed by atoms with Crippen LogP contribution in [0.1, 0.15) is 21.6 Å². The van der Waals surface area contributed by atoms with E-state index in [1.54, 1.807) is 31.5 Å². The van der Waals surface area contributed by atoms with E-state index < -0.39 is 0 Å². The monoisotopic (exact) mass is 327 g/mol. The van der Waals surface area contributed by atoms with Crippen LogP contribution < -0.4 is 5.32 Å². The predicted molar refractivity (Wildman–Crippen MR) is 87.1 cm³/mol. The van der Waals surface area contributed by atoms with Crippen LogP contribution in [-0.2, 0) is 6.54 Å². The smallest absolute Gasteiger partial charge is 0.257 e. The Morgan fingerprint density at radius 2 is 2.17 bits per heavy atom. The average molecular weight is 328 g/mol. The Kier molecular flexibility index (Phi) is 4.39. The number of halogens is 1. The van der Waals surface area contributed by atoms with E-state index in [1.807, 2.05) is 24.3 Å². The lowest BCUT2D eigenvalue weighted by molar-refractivity contribution is 0.0950. The van der Waals surface area contributed by atoms with Gasteiger partial charge in [0.05, 0.1) is 5.69 Å². The summed E-state index contributed by atoms with van der Waals surface area (Å²) in [7, 11) is 0. The van der Waals surface area contributed by atoms with Crippen LogP contribution in [0.25, 0.3) is 11.3 Å². The van der Waals surface area contributed by atoms with E-state index in [1.165, 1.54) is 0 Å². The second kappa shape index (κ2) is 6.62. The van der Waals surface area contributed by atoms with Crippen molar-refractivity contribution in [2.24, 2.45) is 0 Å². The highest BCUT2D eigenvalue weighted by Gasteiger charge is 2.21. The molecule has 23 heavy (non-hydrogen) atoms. The Hall–Kier alpha value is -2.66. The summed E-state index contributed by atoms with van der Waals surface area (Å²) in [5.74, 6) is 0.168. The summed E-state index contributed by atoms with van der Waals surface area (Å²) in [4.78, 5) is 16.6. The van der Waals surface area contributed by atoms with Crippen molar-refractivity contribution in [2.75, 3.05) is 0 Å². The van der Waals surface area contributed by atoms with Gasteiger partial charge in [-0.25, -0.2) is 0 Å². The van der Waals surface area contributed by atoms with Crippen LogP contribution in [0.4, 0.5) is 0 Å². The van der Waals surface area contributed by atoms with Gasteiger partial charge in [-0.15, -0.1) is 0 Å². The standard InChI is InChI=1S/C17H14ClN3O2/c1-11-15(16(23-21-11)13-5-3-7-19-10-13)17(22)20-9-12-4-2-6-14(18)8-12/h2-8,10H,9H2,1H3,(H,20,22). The second-order valence-corrected chi connectivity index (χ2v) is 5.46. The number of carbonyl (C=O) groups is 1. The van der Waals surface area contributed by atoms with Crippen molar-refractivity contribution in [3.8, 4) is 11.3 Å². The molecule has 0 saturated carbocycles. The number of nitrogens with zero attached hydrogens (tertiary/aromatic N) is 2. The molecule has 0 spiro atoms. The van der Waals surface area contributed by atoms with Gasteiger partial charge in [0.15, 0.2) is 5.76 Å². The Bertz CT molecular complexity index is 831. The van der Waals surface area contributed by atoms with Gasteiger partial charge in [0.2, 0.25) is 0 Å². The van der Waals surface area contributed by atoms with Crippen LogP contribution in [0.15, 0.2) is 53.3 Å². The van der Waals surface area contributed by atoms with E-state index in [4.69, 9.17) is 16.1 Å². The minimum atomic E-state index is -0.248. The minimum Gasteiger partial charge on any atom is -0.355 e. The number of carbonyl (C=O) groups excluding carboxylic acids is 1. The molecule has 0 unspecified atom stereocenters. The van der Waals surface area contributed by atoms with Gasteiger partial charge in [-0.05, 0) is 36.8 Å². The number of aromatic nitrogens is 2. The quantitative estimate of drug-likeness (QED) is 0.794. The van der Waals surface area contributed by atoms with Crippen molar-refractivity contribution in [2.45, 2.75) is 13.5 Å². The van der Waals surface area contributed by atoms with E-state index in [9.17, 15) is 4.79 Å². The third kappa shape index (κ3) is 3.40. The summed E-state index contributed by atoms with van der Waals surface area (Å²) in [6.07, 6.45) is 3.29. The number of hydrogen-bond donors (Lipinski definition) is 1. The molecule has 1 N–H and O–H groups in total. The summed E-state index contributed by atoms with van der Waals surface area (Å²) >= 11 is 5.95. The second-order valence-electron chi connectivity index (χ2n) is 5.03. The first kappa shape index (κ1) is 15.2. The molecule has 0 fully saturated rings. The largest absolute Gasteiger partial charge is 0.355 e. The maximum Gasteiger partial charge on any atom is 0.257 e. The summed E-state index contributed by atoms with van der Waals surface area (Å²) in [5.41, 5.74) is 2.58. The highest BCUT2D eigenvalue weighted by molar-refractivity contribution is 6.30. The fourth-order valence-electron chi connectivity index (χ4n) is 2.25. The molecule has 2 aromatic heterocycles. The van der Waals surface area contributed by atoms with Gasteiger partial charge in [0, 0.05) is 29.5 Å². The molecule has 3 rings (SSSR count). The van der Waals surface area contributed by atoms with Gasteiger partial charge in [0.1, 0.15) is 5.56 Å². The van der Waals surface area contributed by atoms with E-state index in [-0.39, 0.29) is 5.91 Å². The fraction of sp³-hybridized carbons (Fsp3) is 0.118. The Balaban J connectivity index is 1.81. The molecule has 5 nitrogen and oxygen atoms in total. The molecule has 0 atom stereocenters. The van der Waals surface area contributed by atoms with Crippen molar-refractivity contribution in [1.29, 1.82) is 0 Å². The number of pyridine rings is 1. The predicted octanol–water partition coefficient (Wildman–Crippen LogP) is 3.63. The summed E-state index contributed by atoms with van der Waals surface area (Å²) in [6.45, 7) is 2.11. The highest BCUT2D eigenvalue weighted by Crippen LogP contribution is 2.25. The van der Waals surface area contributed by atoms with Crippen molar-refractivity contribution in [3.63, 3.8) is 0 Å². The van der Waals surface area contributed by atoms with E-state index in [2.05, 4.69) is 15.5 Å². The first-order chi connectivity index (χ1) is 11.1. The third-order valence-corrected chi connectivity index (χ3v) is 3.59. The van der Waals surface area contributed by atoms with Gasteiger partial charge < -0.3 is 9.84 Å². The topological polar surface area (TPSA) is 68.0 Å². The molecule has 1 amide bonds. The first-order valence-electron chi connectivity index (χ1n) is 7.04.